The number of hydrogen-bond acceptors (Lipinski definition) is 5. The molecule has 2 saturated heterocycles. The molecule has 22 heavy (non-hydrogen) atoms. The number of thiocarbonyl (C=S) groups is 1. The standard InChI is InChI=1S/C14H23NO4S2Si/c1-14(2,3)22(4,5)19-7-6-8-10(16)15-9(12(17)18)13(20)21-11(8)15/h8-9,11H,6-7H2,1-5H3,(H,17,18)/t8?,9?,11-/m0/s1. The molecule has 5 nitrogen and oxygen atoms in total. The Balaban J connectivity index is 1.91. The highest BCUT2D eigenvalue weighted by Crippen LogP contribution is 2.46. The second-order valence-electron chi connectivity index (χ2n) is 7.32. The lowest BCUT2D eigenvalue weighted by Gasteiger charge is -2.43. The summed E-state index contributed by atoms with van der Waals surface area (Å²) in [5.41, 5.74) is 0. The number of carbonyl (C=O) groups is 2. The van der Waals surface area contributed by atoms with Gasteiger partial charge in [-0.15, -0.1) is 0 Å². The van der Waals surface area contributed by atoms with E-state index in [9.17, 15) is 9.59 Å². The first-order valence-electron chi connectivity index (χ1n) is 7.37. The van der Waals surface area contributed by atoms with Gasteiger partial charge in [-0.05, 0) is 24.6 Å². The van der Waals surface area contributed by atoms with E-state index in [0.29, 0.717) is 17.2 Å². The number of hydrogen-bond donors (Lipinski definition) is 1. The van der Waals surface area contributed by atoms with Crippen LogP contribution in [0.15, 0.2) is 0 Å². The zero-order valence-electron chi connectivity index (χ0n) is 13.6. The quantitative estimate of drug-likeness (QED) is 0.461. The fraction of sp³-hybridized carbons (Fsp3) is 0.786. The Morgan fingerprint density at radius 2 is 2.05 bits per heavy atom. The number of β-lactam (4-membered cyclic amide) rings is 1. The summed E-state index contributed by atoms with van der Waals surface area (Å²) < 4.78 is 6.50. The van der Waals surface area contributed by atoms with Crippen LogP contribution in [-0.2, 0) is 14.0 Å². The van der Waals surface area contributed by atoms with Crippen LogP contribution in [0.3, 0.4) is 0 Å². The summed E-state index contributed by atoms with van der Waals surface area (Å²) >= 11 is 6.44. The van der Waals surface area contributed by atoms with Gasteiger partial charge < -0.3 is 14.4 Å². The first kappa shape index (κ1) is 17.9. The molecule has 0 bridgehead atoms. The van der Waals surface area contributed by atoms with Crippen molar-refractivity contribution in [3.05, 3.63) is 0 Å². The molecule has 0 radical (unpaired) electrons. The number of aliphatic carboxylic acids is 1. The van der Waals surface area contributed by atoms with Crippen molar-refractivity contribution in [2.75, 3.05) is 6.61 Å². The Hall–Kier alpha value is -0.443. The topological polar surface area (TPSA) is 66.8 Å². The van der Waals surface area contributed by atoms with Crippen molar-refractivity contribution >= 4 is 48.4 Å². The Morgan fingerprint density at radius 3 is 2.55 bits per heavy atom. The van der Waals surface area contributed by atoms with Gasteiger partial charge in [0, 0.05) is 6.61 Å². The molecule has 0 spiro atoms. The Labute approximate surface area is 141 Å². The predicted molar refractivity (Wildman–Crippen MR) is 93.5 cm³/mol. The molecule has 1 amide bonds. The minimum absolute atomic E-state index is 0.108. The molecule has 2 fully saturated rings. The summed E-state index contributed by atoms with van der Waals surface area (Å²) in [7, 11) is -1.81. The maximum Gasteiger partial charge on any atom is 0.332 e. The maximum atomic E-state index is 12.2. The second kappa shape index (κ2) is 5.88. The molecular formula is C14H23NO4S2Si. The minimum Gasteiger partial charge on any atom is -0.479 e. The van der Waals surface area contributed by atoms with Gasteiger partial charge in [-0.3, -0.25) is 4.79 Å². The van der Waals surface area contributed by atoms with Crippen LogP contribution in [0, 0.1) is 5.92 Å². The number of thioether (sulfide) groups is 1. The summed E-state index contributed by atoms with van der Waals surface area (Å²) in [6.07, 6.45) is 0.633. The van der Waals surface area contributed by atoms with Gasteiger partial charge in [0.05, 0.1) is 15.5 Å². The van der Waals surface area contributed by atoms with Gasteiger partial charge in [0.1, 0.15) is 0 Å². The maximum absolute atomic E-state index is 12.2. The predicted octanol–water partition coefficient (Wildman–Crippen LogP) is 2.71. The number of carboxylic acids is 1. The highest BCUT2D eigenvalue weighted by molar-refractivity contribution is 8.24. The number of fused-ring (bicyclic) bond motifs is 1. The monoisotopic (exact) mass is 361 g/mol. The van der Waals surface area contributed by atoms with E-state index in [1.807, 2.05) is 0 Å². The summed E-state index contributed by atoms with van der Waals surface area (Å²) in [4.78, 5) is 24.8. The van der Waals surface area contributed by atoms with E-state index >= 15 is 0 Å². The second-order valence-corrected chi connectivity index (χ2v) is 14.0. The first-order valence-corrected chi connectivity index (χ1v) is 11.6. The van der Waals surface area contributed by atoms with Gasteiger partial charge in [-0.25, -0.2) is 4.79 Å². The van der Waals surface area contributed by atoms with E-state index < -0.39 is 20.3 Å². The Bertz CT molecular complexity index is 517. The average Bonchev–Trinajstić information content (AvgIpc) is 2.67. The number of rotatable bonds is 5. The number of nitrogens with zero attached hydrogens (tertiary/aromatic N) is 1. The summed E-state index contributed by atoms with van der Waals surface area (Å²) in [5.74, 6) is -1.31. The van der Waals surface area contributed by atoms with E-state index in [1.165, 1.54) is 16.7 Å². The highest BCUT2D eigenvalue weighted by atomic mass is 32.2. The minimum atomic E-state index is -1.81. The van der Waals surface area contributed by atoms with Gasteiger partial charge in [0.2, 0.25) is 5.91 Å². The van der Waals surface area contributed by atoms with Gasteiger partial charge in [0.25, 0.3) is 0 Å². The van der Waals surface area contributed by atoms with Gasteiger partial charge in [-0.2, -0.15) is 0 Å². The van der Waals surface area contributed by atoms with Crippen molar-refractivity contribution in [2.45, 2.75) is 56.7 Å². The smallest absolute Gasteiger partial charge is 0.332 e. The number of carboxylic acid groups (broad SMARTS) is 1. The molecule has 8 heteroatoms. The van der Waals surface area contributed by atoms with Crippen molar-refractivity contribution < 1.29 is 19.1 Å². The fourth-order valence-corrected chi connectivity index (χ4v) is 5.31. The first-order chi connectivity index (χ1) is 9.97. The van der Waals surface area contributed by atoms with Crippen molar-refractivity contribution in [1.82, 2.24) is 4.90 Å². The largest absolute Gasteiger partial charge is 0.479 e. The van der Waals surface area contributed by atoms with Crippen LogP contribution in [0.2, 0.25) is 18.1 Å². The molecule has 1 N–H and O–H groups in total. The molecule has 0 aliphatic carbocycles. The van der Waals surface area contributed by atoms with Crippen LogP contribution < -0.4 is 0 Å². The lowest BCUT2D eigenvalue weighted by Crippen LogP contribution is -2.61. The van der Waals surface area contributed by atoms with Gasteiger partial charge in [0.15, 0.2) is 14.4 Å². The van der Waals surface area contributed by atoms with Crippen molar-refractivity contribution in [2.24, 2.45) is 5.92 Å². The molecule has 0 aromatic carbocycles. The molecule has 0 aromatic heterocycles. The summed E-state index contributed by atoms with van der Waals surface area (Å²) in [5, 5.41) is 9.19. The average molecular weight is 362 g/mol. The van der Waals surface area contributed by atoms with Gasteiger partial charge in [-0.1, -0.05) is 44.8 Å². The van der Waals surface area contributed by atoms with Crippen LogP contribution >= 0.6 is 24.0 Å². The third kappa shape index (κ3) is 2.98. The Kier molecular flexibility index (Phi) is 4.79. The summed E-state index contributed by atoms with van der Waals surface area (Å²) in [6, 6.07) is -0.935. The van der Waals surface area contributed by atoms with Crippen LogP contribution in [-0.4, -0.2) is 52.4 Å². The van der Waals surface area contributed by atoms with Crippen LogP contribution in [0.25, 0.3) is 0 Å². The summed E-state index contributed by atoms with van der Waals surface area (Å²) in [6.45, 7) is 11.4. The van der Waals surface area contributed by atoms with E-state index in [1.54, 1.807) is 0 Å². The van der Waals surface area contributed by atoms with Crippen LogP contribution in [0.4, 0.5) is 0 Å². The lowest BCUT2D eigenvalue weighted by molar-refractivity contribution is -0.160. The molecule has 2 aliphatic rings. The van der Waals surface area contributed by atoms with E-state index in [2.05, 4.69) is 33.9 Å². The third-order valence-corrected chi connectivity index (χ3v) is 11.2. The van der Waals surface area contributed by atoms with E-state index in [4.69, 9.17) is 21.8 Å². The molecule has 0 saturated carbocycles. The Morgan fingerprint density at radius 1 is 1.45 bits per heavy atom. The molecule has 3 atom stereocenters. The van der Waals surface area contributed by atoms with Crippen LogP contribution in [0.1, 0.15) is 27.2 Å². The fourth-order valence-electron chi connectivity index (χ4n) is 2.40. The zero-order chi connectivity index (χ0) is 16.9. The van der Waals surface area contributed by atoms with Crippen molar-refractivity contribution in [3.8, 4) is 0 Å². The van der Waals surface area contributed by atoms with Gasteiger partial charge >= 0.3 is 5.97 Å². The van der Waals surface area contributed by atoms with Crippen molar-refractivity contribution in [3.63, 3.8) is 0 Å². The highest BCUT2D eigenvalue weighted by Gasteiger charge is 2.58. The number of carbonyl (C=O) groups excluding carboxylic acids is 1. The molecule has 0 aromatic rings. The molecule has 2 rings (SSSR count). The normalized spacial score (nSPS) is 28.6. The zero-order valence-corrected chi connectivity index (χ0v) is 16.2. The van der Waals surface area contributed by atoms with Crippen LogP contribution in [0.5, 0.6) is 0 Å². The van der Waals surface area contributed by atoms with E-state index in [-0.39, 0.29) is 22.2 Å². The lowest BCUT2D eigenvalue weighted by atomic mass is 9.93. The van der Waals surface area contributed by atoms with Crippen molar-refractivity contribution in [1.29, 1.82) is 0 Å². The third-order valence-electron chi connectivity index (χ3n) is 4.86. The van der Waals surface area contributed by atoms with E-state index in [0.717, 1.165) is 0 Å². The molecule has 124 valence electrons. The molecule has 2 aliphatic heterocycles. The molecule has 2 heterocycles. The molecular weight excluding hydrogens is 338 g/mol. The SMILES string of the molecule is CC(C)(C)[Si](C)(C)OCCC1C(=O)N2C(C(=O)O)C(=S)S[C@@H]12. The number of amides is 1. The molecule has 2 unspecified atom stereocenters.